The van der Waals surface area contributed by atoms with Crippen LogP contribution in [0.25, 0.3) is 0 Å². The Morgan fingerprint density at radius 3 is 2.40 bits per heavy atom. The first-order chi connectivity index (χ1) is 7.16. The van der Waals surface area contributed by atoms with Crippen molar-refractivity contribution in [2.75, 3.05) is 0 Å². The SMILES string of the molecule is OC(c1cc(F)cc(F)c1)c1cscn1. The Balaban J connectivity index is 2.37. The van der Waals surface area contributed by atoms with Gasteiger partial charge in [0.1, 0.15) is 17.7 Å². The van der Waals surface area contributed by atoms with Gasteiger partial charge in [-0.3, -0.25) is 0 Å². The molecule has 1 aromatic carbocycles. The highest BCUT2D eigenvalue weighted by molar-refractivity contribution is 7.07. The Labute approximate surface area is 88.8 Å². The topological polar surface area (TPSA) is 33.1 Å². The number of rotatable bonds is 2. The van der Waals surface area contributed by atoms with Crippen molar-refractivity contribution in [3.8, 4) is 0 Å². The summed E-state index contributed by atoms with van der Waals surface area (Å²) in [6.45, 7) is 0. The molecule has 0 aliphatic rings. The zero-order valence-corrected chi connectivity index (χ0v) is 8.34. The van der Waals surface area contributed by atoms with Gasteiger partial charge in [-0.15, -0.1) is 11.3 Å². The van der Waals surface area contributed by atoms with E-state index in [1.165, 1.54) is 11.3 Å². The summed E-state index contributed by atoms with van der Waals surface area (Å²) in [6, 6.07) is 2.94. The second-order valence-electron chi connectivity index (χ2n) is 3.02. The molecule has 1 aromatic heterocycles. The van der Waals surface area contributed by atoms with Crippen LogP contribution in [0.1, 0.15) is 17.4 Å². The van der Waals surface area contributed by atoms with E-state index in [1.54, 1.807) is 10.9 Å². The molecule has 0 saturated heterocycles. The molecule has 0 aliphatic heterocycles. The molecular weight excluding hydrogens is 220 g/mol. The normalized spacial score (nSPS) is 12.7. The average Bonchev–Trinajstić information content (AvgIpc) is 2.67. The van der Waals surface area contributed by atoms with E-state index in [9.17, 15) is 13.9 Å². The van der Waals surface area contributed by atoms with Gasteiger partial charge in [0.25, 0.3) is 0 Å². The number of hydrogen-bond donors (Lipinski definition) is 1. The number of nitrogens with zero attached hydrogens (tertiary/aromatic N) is 1. The molecule has 15 heavy (non-hydrogen) atoms. The quantitative estimate of drug-likeness (QED) is 0.855. The Kier molecular flexibility index (Phi) is 2.75. The van der Waals surface area contributed by atoms with Crippen LogP contribution in [0.3, 0.4) is 0 Å². The Hall–Kier alpha value is -1.33. The Morgan fingerprint density at radius 1 is 1.20 bits per heavy atom. The molecule has 0 saturated carbocycles. The maximum atomic E-state index is 12.9. The van der Waals surface area contributed by atoms with Crippen molar-refractivity contribution in [1.82, 2.24) is 4.98 Å². The first-order valence-electron chi connectivity index (χ1n) is 4.19. The van der Waals surface area contributed by atoms with Crippen LogP contribution in [-0.2, 0) is 0 Å². The molecular formula is C10H7F2NOS. The number of aromatic nitrogens is 1. The third-order valence-corrected chi connectivity index (χ3v) is 2.54. The minimum atomic E-state index is -1.08. The molecule has 1 atom stereocenters. The number of thiazole rings is 1. The molecule has 0 spiro atoms. The van der Waals surface area contributed by atoms with Crippen LogP contribution < -0.4 is 0 Å². The largest absolute Gasteiger partial charge is 0.382 e. The van der Waals surface area contributed by atoms with Crippen molar-refractivity contribution in [3.05, 3.63) is 52.0 Å². The molecule has 2 rings (SSSR count). The molecule has 0 aliphatic carbocycles. The smallest absolute Gasteiger partial charge is 0.126 e. The van der Waals surface area contributed by atoms with E-state index < -0.39 is 17.7 Å². The van der Waals surface area contributed by atoms with Gasteiger partial charge in [-0.1, -0.05) is 0 Å². The van der Waals surface area contributed by atoms with Gasteiger partial charge in [0.15, 0.2) is 0 Å². The minimum absolute atomic E-state index is 0.165. The molecule has 78 valence electrons. The van der Waals surface area contributed by atoms with Gasteiger partial charge in [0.2, 0.25) is 0 Å². The Bertz CT molecular complexity index is 438. The molecule has 1 N–H and O–H groups in total. The van der Waals surface area contributed by atoms with E-state index in [0.29, 0.717) is 5.69 Å². The van der Waals surface area contributed by atoms with Crippen LogP contribution in [-0.4, -0.2) is 10.1 Å². The van der Waals surface area contributed by atoms with Gasteiger partial charge in [-0.2, -0.15) is 0 Å². The second kappa shape index (κ2) is 4.04. The fourth-order valence-corrected chi connectivity index (χ4v) is 1.83. The lowest BCUT2D eigenvalue weighted by Crippen LogP contribution is -2.01. The summed E-state index contributed by atoms with van der Waals surface area (Å²) in [6.07, 6.45) is -1.08. The number of aliphatic hydroxyl groups excluding tert-OH is 1. The highest BCUT2D eigenvalue weighted by Crippen LogP contribution is 2.22. The lowest BCUT2D eigenvalue weighted by atomic mass is 10.1. The van der Waals surface area contributed by atoms with Gasteiger partial charge in [-0.25, -0.2) is 13.8 Å². The summed E-state index contributed by atoms with van der Waals surface area (Å²) in [5.41, 5.74) is 2.11. The highest BCUT2D eigenvalue weighted by Gasteiger charge is 2.14. The van der Waals surface area contributed by atoms with Crippen molar-refractivity contribution >= 4 is 11.3 Å². The zero-order valence-electron chi connectivity index (χ0n) is 7.52. The van der Waals surface area contributed by atoms with Gasteiger partial charge in [0.05, 0.1) is 11.2 Å². The summed E-state index contributed by atoms with van der Waals surface area (Å²) >= 11 is 1.31. The molecule has 5 heteroatoms. The number of hydrogen-bond acceptors (Lipinski definition) is 3. The number of halogens is 2. The van der Waals surface area contributed by atoms with Gasteiger partial charge in [-0.05, 0) is 17.7 Å². The second-order valence-corrected chi connectivity index (χ2v) is 3.74. The summed E-state index contributed by atoms with van der Waals surface area (Å²) in [5.74, 6) is -1.42. The fraction of sp³-hybridized carbons (Fsp3) is 0.100. The van der Waals surface area contributed by atoms with E-state index in [1.807, 2.05) is 0 Å². The van der Waals surface area contributed by atoms with Crippen molar-refractivity contribution in [1.29, 1.82) is 0 Å². The van der Waals surface area contributed by atoms with Crippen LogP contribution in [0.4, 0.5) is 8.78 Å². The van der Waals surface area contributed by atoms with E-state index in [0.717, 1.165) is 18.2 Å². The summed E-state index contributed by atoms with van der Waals surface area (Å²) < 4.78 is 25.7. The lowest BCUT2D eigenvalue weighted by Gasteiger charge is -2.08. The van der Waals surface area contributed by atoms with E-state index in [4.69, 9.17) is 0 Å². The number of aliphatic hydroxyl groups is 1. The first kappa shape index (κ1) is 10.2. The fourth-order valence-electron chi connectivity index (χ4n) is 1.26. The van der Waals surface area contributed by atoms with E-state index in [-0.39, 0.29) is 5.56 Å². The predicted octanol–water partition coefficient (Wildman–Crippen LogP) is 2.50. The standard InChI is InChI=1S/C10H7F2NOS/c11-7-1-6(2-8(12)3-7)10(14)9-4-15-5-13-9/h1-5,10,14H. The highest BCUT2D eigenvalue weighted by atomic mass is 32.1. The van der Waals surface area contributed by atoms with Crippen LogP contribution in [0.15, 0.2) is 29.1 Å². The molecule has 0 fully saturated rings. The van der Waals surface area contributed by atoms with E-state index >= 15 is 0 Å². The molecule has 1 heterocycles. The van der Waals surface area contributed by atoms with Crippen LogP contribution in [0, 0.1) is 11.6 Å². The molecule has 0 bridgehead atoms. The zero-order chi connectivity index (χ0) is 10.8. The van der Waals surface area contributed by atoms with Crippen LogP contribution in [0.2, 0.25) is 0 Å². The molecule has 1 unspecified atom stereocenters. The first-order valence-corrected chi connectivity index (χ1v) is 5.13. The Morgan fingerprint density at radius 2 is 1.87 bits per heavy atom. The van der Waals surface area contributed by atoms with Crippen molar-refractivity contribution in [2.24, 2.45) is 0 Å². The maximum Gasteiger partial charge on any atom is 0.126 e. The van der Waals surface area contributed by atoms with E-state index in [2.05, 4.69) is 4.98 Å². The summed E-state index contributed by atoms with van der Waals surface area (Å²) in [7, 11) is 0. The van der Waals surface area contributed by atoms with Crippen LogP contribution in [0.5, 0.6) is 0 Å². The third-order valence-electron chi connectivity index (χ3n) is 1.93. The third kappa shape index (κ3) is 2.19. The minimum Gasteiger partial charge on any atom is -0.382 e. The average molecular weight is 227 g/mol. The van der Waals surface area contributed by atoms with Gasteiger partial charge in [0, 0.05) is 11.4 Å². The molecule has 2 aromatic rings. The molecule has 2 nitrogen and oxygen atoms in total. The predicted molar refractivity (Wildman–Crippen MR) is 52.5 cm³/mol. The maximum absolute atomic E-state index is 12.9. The summed E-state index contributed by atoms with van der Waals surface area (Å²) in [5, 5.41) is 11.4. The van der Waals surface area contributed by atoms with Gasteiger partial charge < -0.3 is 5.11 Å². The molecule has 0 amide bonds. The number of benzene rings is 1. The van der Waals surface area contributed by atoms with Crippen molar-refractivity contribution < 1.29 is 13.9 Å². The van der Waals surface area contributed by atoms with Crippen molar-refractivity contribution in [3.63, 3.8) is 0 Å². The monoisotopic (exact) mass is 227 g/mol. The van der Waals surface area contributed by atoms with Crippen molar-refractivity contribution in [2.45, 2.75) is 6.10 Å². The lowest BCUT2D eigenvalue weighted by molar-refractivity contribution is 0.215. The van der Waals surface area contributed by atoms with Gasteiger partial charge >= 0.3 is 0 Å². The molecule has 0 radical (unpaired) electrons. The van der Waals surface area contributed by atoms with Crippen LogP contribution >= 0.6 is 11.3 Å². The summed E-state index contributed by atoms with van der Waals surface area (Å²) in [4.78, 5) is 3.88.